The van der Waals surface area contributed by atoms with E-state index in [9.17, 15) is 14.2 Å². The van der Waals surface area contributed by atoms with Gasteiger partial charge < -0.3 is 19.6 Å². The van der Waals surface area contributed by atoms with E-state index in [2.05, 4.69) is 9.26 Å². The molecule has 0 atom stereocenters. The van der Waals surface area contributed by atoms with Gasteiger partial charge in [-0.1, -0.05) is 0 Å². The molecule has 0 aromatic heterocycles. The summed E-state index contributed by atoms with van der Waals surface area (Å²) < 4.78 is 18.9. The minimum Gasteiger partial charge on any atom is -0.481 e. The first kappa shape index (κ1) is 16.1. The lowest BCUT2D eigenvalue weighted by atomic mass is 10.2. The van der Waals surface area contributed by atoms with Gasteiger partial charge >= 0.3 is 19.8 Å². The lowest BCUT2D eigenvalue weighted by Crippen LogP contribution is -2.10. The number of carboxylic acid groups (broad SMARTS) is 1. The second-order valence-electron chi connectivity index (χ2n) is 3.15. The van der Waals surface area contributed by atoms with Gasteiger partial charge in [0.15, 0.2) is 0 Å². The summed E-state index contributed by atoms with van der Waals surface area (Å²) >= 11 is 0. The molecule has 0 aliphatic rings. The highest BCUT2D eigenvalue weighted by atomic mass is 31.2. The van der Waals surface area contributed by atoms with Crippen molar-refractivity contribution in [1.29, 1.82) is 0 Å². The largest absolute Gasteiger partial charge is 0.481 e. The molecule has 0 saturated carbocycles. The standard InChI is InChI=1S/C8H15O8P/c9-7(10)3-1-2-4-8(11)15-5-6-16-17(12,13)14/h1-6H2,(H,9,10)(H2,12,13,14). The monoisotopic (exact) mass is 270 g/mol. The molecule has 0 aliphatic carbocycles. The fourth-order valence-corrected chi connectivity index (χ4v) is 1.24. The van der Waals surface area contributed by atoms with Crippen LogP contribution in [0.3, 0.4) is 0 Å². The van der Waals surface area contributed by atoms with Crippen LogP contribution in [-0.4, -0.2) is 40.0 Å². The summed E-state index contributed by atoms with van der Waals surface area (Å²) in [7, 11) is -4.52. The molecule has 100 valence electrons. The molecule has 0 amide bonds. The molecule has 0 unspecified atom stereocenters. The minimum atomic E-state index is -4.52. The molecule has 0 rings (SSSR count). The first-order valence-electron chi connectivity index (χ1n) is 4.89. The predicted octanol–water partition coefficient (Wildman–Crippen LogP) is 0.284. The van der Waals surface area contributed by atoms with E-state index in [1.54, 1.807) is 0 Å². The summed E-state index contributed by atoms with van der Waals surface area (Å²) in [6.45, 7) is -0.631. The number of carboxylic acids is 1. The summed E-state index contributed by atoms with van der Waals surface area (Å²) in [5.41, 5.74) is 0. The van der Waals surface area contributed by atoms with Crippen molar-refractivity contribution in [2.75, 3.05) is 13.2 Å². The van der Waals surface area contributed by atoms with Crippen LogP contribution in [0.4, 0.5) is 0 Å². The maximum Gasteiger partial charge on any atom is 0.469 e. The van der Waals surface area contributed by atoms with Gasteiger partial charge in [-0.3, -0.25) is 14.1 Å². The summed E-state index contributed by atoms with van der Waals surface area (Å²) in [5, 5.41) is 8.32. The third kappa shape index (κ3) is 13.0. The third-order valence-electron chi connectivity index (χ3n) is 1.63. The number of hydrogen-bond donors (Lipinski definition) is 3. The summed E-state index contributed by atoms with van der Waals surface area (Å²) in [6.07, 6.45) is 0.839. The number of aliphatic carboxylic acids is 1. The average molecular weight is 270 g/mol. The van der Waals surface area contributed by atoms with Crippen molar-refractivity contribution in [3.8, 4) is 0 Å². The van der Waals surface area contributed by atoms with Crippen LogP contribution in [0.2, 0.25) is 0 Å². The number of ether oxygens (including phenoxy) is 1. The van der Waals surface area contributed by atoms with Gasteiger partial charge in [0.25, 0.3) is 0 Å². The fraction of sp³-hybridized carbons (Fsp3) is 0.750. The van der Waals surface area contributed by atoms with Crippen LogP contribution in [0.25, 0.3) is 0 Å². The van der Waals surface area contributed by atoms with Gasteiger partial charge in [-0.05, 0) is 12.8 Å². The Morgan fingerprint density at radius 2 is 1.65 bits per heavy atom. The van der Waals surface area contributed by atoms with Crippen LogP contribution in [0.1, 0.15) is 25.7 Å². The lowest BCUT2D eigenvalue weighted by molar-refractivity contribution is -0.145. The molecular formula is C8H15O8P. The number of rotatable bonds is 9. The van der Waals surface area contributed by atoms with Gasteiger partial charge in [-0.15, -0.1) is 0 Å². The zero-order valence-corrected chi connectivity index (χ0v) is 9.97. The van der Waals surface area contributed by atoms with Crippen LogP contribution >= 0.6 is 7.82 Å². The lowest BCUT2D eigenvalue weighted by Gasteiger charge is -2.06. The van der Waals surface area contributed by atoms with Crippen LogP contribution in [0.5, 0.6) is 0 Å². The smallest absolute Gasteiger partial charge is 0.469 e. The fourth-order valence-electron chi connectivity index (χ4n) is 0.929. The summed E-state index contributed by atoms with van der Waals surface area (Å²) in [4.78, 5) is 37.7. The molecule has 0 spiro atoms. The van der Waals surface area contributed by atoms with Crippen LogP contribution in [0.15, 0.2) is 0 Å². The van der Waals surface area contributed by atoms with Gasteiger partial charge in [0.05, 0.1) is 6.61 Å². The molecule has 0 aromatic rings. The zero-order valence-electron chi connectivity index (χ0n) is 9.07. The average Bonchev–Trinajstić information content (AvgIpc) is 2.18. The number of phosphoric ester groups is 1. The zero-order chi connectivity index (χ0) is 13.3. The van der Waals surface area contributed by atoms with E-state index in [-0.39, 0.29) is 26.1 Å². The molecule has 0 saturated heterocycles. The van der Waals surface area contributed by atoms with Crippen molar-refractivity contribution in [1.82, 2.24) is 0 Å². The Balaban J connectivity index is 3.41. The highest BCUT2D eigenvalue weighted by Crippen LogP contribution is 2.35. The van der Waals surface area contributed by atoms with Crippen molar-refractivity contribution in [3.05, 3.63) is 0 Å². The Labute approximate surface area is 97.8 Å². The maximum absolute atomic E-state index is 11.0. The number of unbranched alkanes of at least 4 members (excludes halogenated alkanes) is 1. The molecule has 0 bridgehead atoms. The van der Waals surface area contributed by atoms with Crippen molar-refractivity contribution in [3.63, 3.8) is 0 Å². The number of hydrogen-bond acceptors (Lipinski definition) is 5. The van der Waals surface area contributed by atoms with Gasteiger partial charge in [-0.25, -0.2) is 4.57 Å². The molecule has 9 heteroatoms. The third-order valence-corrected chi connectivity index (χ3v) is 2.15. The predicted molar refractivity (Wildman–Crippen MR) is 55.1 cm³/mol. The topological polar surface area (TPSA) is 130 Å². The molecular weight excluding hydrogens is 255 g/mol. The van der Waals surface area contributed by atoms with E-state index in [0.717, 1.165) is 0 Å². The Morgan fingerprint density at radius 1 is 1.06 bits per heavy atom. The van der Waals surface area contributed by atoms with Crippen molar-refractivity contribution < 1.29 is 38.3 Å². The Kier molecular flexibility index (Phi) is 7.73. The number of carbonyl (C=O) groups excluding carboxylic acids is 1. The Morgan fingerprint density at radius 3 is 2.18 bits per heavy atom. The molecule has 0 aromatic carbocycles. The highest BCUT2D eigenvalue weighted by molar-refractivity contribution is 7.46. The second-order valence-corrected chi connectivity index (χ2v) is 4.38. The molecule has 8 nitrogen and oxygen atoms in total. The van der Waals surface area contributed by atoms with E-state index < -0.39 is 19.8 Å². The van der Waals surface area contributed by atoms with Crippen LogP contribution in [-0.2, 0) is 23.4 Å². The maximum atomic E-state index is 11.0. The Hall–Kier alpha value is -0.950. The summed E-state index contributed by atoms with van der Waals surface area (Å²) in [5.74, 6) is -1.47. The second kappa shape index (κ2) is 8.19. The van der Waals surface area contributed by atoms with Crippen molar-refractivity contribution in [2.24, 2.45) is 0 Å². The molecule has 0 fully saturated rings. The van der Waals surface area contributed by atoms with E-state index in [0.29, 0.717) is 12.8 Å². The van der Waals surface area contributed by atoms with Gasteiger partial charge in [0.2, 0.25) is 0 Å². The van der Waals surface area contributed by atoms with Crippen LogP contribution in [0, 0.1) is 0 Å². The van der Waals surface area contributed by atoms with E-state index in [1.165, 1.54) is 0 Å². The van der Waals surface area contributed by atoms with E-state index in [1.807, 2.05) is 0 Å². The Bertz CT molecular complexity index is 296. The normalized spacial score (nSPS) is 11.2. The van der Waals surface area contributed by atoms with E-state index in [4.69, 9.17) is 14.9 Å². The van der Waals surface area contributed by atoms with Crippen molar-refractivity contribution >= 4 is 19.8 Å². The van der Waals surface area contributed by atoms with Crippen LogP contribution < -0.4 is 0 Å². The molecule has 0 radical (unpaired) electrons. The van der Waals surface area contributed by atoms with Gasteiger partial charge in [0.1, 0.15) is 6.61 Å². The molecule has 3 N–H and O–H groups in total. The molecule has 0 aliphatic heterocycles. The molecule has 17 heavy (non-hydrogen) atoms. The van der Waals surface area contributed by atoms with Gasteiger partial charge in [-0.2, -0.15) is 0 Å². The quantitative estimate of drug-likeness (QED) is 0.309. The number of esters is 1. The SMILES string of the molecule is O=C(O)CCCCC(=O)OCCOP(=O)(O)O. The van der Waals surface area contributed by atoms with Gasteiger partial charge in [0, 0.05) is 12.8 Å². The minimum absolute atomic E-state index is 0.00536. The summed E-state index contributed by atoms with van der Waals surface area (Å²) in [6, 6.07) is 0. The van der Waals surface area contributed by atoms with E-state index >= 15 is 0 Å². The first-order chi connectivity index (χ1) is 7.81. The number of phosphoric acid groups is 1. The first-order valence-corrected chi connectivity index (χ1v) is 6.42. The highest BCUT2D eigenvalue weighted by Gasteiger charge is 2.13. The molecule has 0 heterocycles. The van der Waals surface area contributed by atoms with Crippen molar-refractivity contribution in [2.45, 2.75) is 25.7 Å². The number of carbonyl (C=O) groups is 2.